The number of amides is 1. The number of hydrogen-bond donors (Lipinski definition) is 2. The van der Waals surface area contributed by atoms with Gasteiger partial charge in [-0.05, 0) is 25.1 Å². The number of likely N-dealkylation sites (N-methyl/N-ethyl adjacent to an activating group) is 1. The van der Waals surface area contributed by atoms with Gasteiger partial charge in [0.15, 0.2) is 0 Å². The minimum Gasteiger partial charge on any atom is -0.478 e. The Bertz CT molecular complexity index is 573. The number of hydrogen-bond acceptors (Lipinski definition) is 4. The van der Waals surface area contributed by atoms with Crippen molar-refractivity contribution in [3.63, 3.8) is 0 Å². The predicted molar refractivity (Wildman–Crippen MR) is 75.4 cm³/mol. The van der Waals surface area contributed by atoms with E-state index in [1.165, 1.54) is 0 Å². The Labute approximate surface area is 117 Å². The number of carboxylic acid groups (broad SMARTS) is 1. The van der Waals surface area contributed by atoms with Crippen molar-refractivity contribution < 1.29 is 14.7 Å². The van der Waals surface area contributed by atoms with Crippen LogP contribution in [0.3, 0.4) is 0 Å². The molecule has 0 saturated carbocycles. The lowest BCUT2D eigenvalue weighted by Crippen LogP contribution is -2.61. The largest absolute Gasteiger partial charge is 0.478 e. The maximum Gasteiger partial charge on any atom is 0.335 e. The zero-order valence-electron chi connectivity index (χ0n) is 11.3. The van der Waals surface area contributed by atoms with Crippen LogP contribution in [0.2, 0.25) is 0 Å². The molecular weight excluding hydrogens is 258 g/mol. The molecule has 1 aromatic carbocycles. The average molecular weight is 275 g/mol. The van der Waals surface area contributed by atoms with Crippen LogP contribution in [0.15, 0.2) is 18.2 Å². The Morgan fingerprint density at radius 3 is 2.95 bits per heavy atom. The summed E-state index contributed by atoms with van der Waals surface area (Å²) in [6, 6.07) is 5.08. The highest BCUT2D eigenvalue weighted by molar-refractivity contribution is 6.02. The van der Waals surface area contributed by atoms with Crippen LogP contribution in [0, 0.1) is 0 Å². The molecule has 6 nitrogen and oxygen atoms in total. The molecule has 1 amide bonds. The summed E-state index contributed by atoms with van der Waals surface area (Å²) in [7, 11) is 0. The summed E-state index contributed by atoms with van der Waals surface area (Å²) in [6.07, 6.45) is 0. The predicted octanol–water partition coefficient (Wildman–Crippen LogP) is 0.530. The van der Waals surface area contributed by atoms with Gasteiger partial charge in [-0.3, -0.25) is 4.79 Å². The molecule has 0 spiro atoms. The van der Waals surface area contributed by atoms with Crippen LogP contribution in [0.25, 0.3) is 0 Å². The highest BCUT2D eigenvalue weighted by atomic mass is 16.4. The van der Waals surface area contributed by atoms with Gasteiger partial charge in [0, 0.05) is 19.6 Å². The standard InChI is InChI=1S/C14H17N3O3/c1-2-16-8-10-6-15-7-13(18)17(10)11-4-3-9(14(19)20)5-12(11)16/h3-5,10,15H,2,6-8H2,1H3,(H,19,20). The Kier molecular flexibility index (Phi) is 3.10. The number of aromatic carboxylic acids is 1. The van der Waals surface area contributed by atoms with Gasteiger partial charge < -0.3 is 20.2 Å². The number of carboxylic acids is 1. The van der Waals surface area contributed by atoms with E-state index in [0.717, 1.165) is 31.0 Å². The summed E-state index contributed by atoms with van der Waals surface area (Å²) in [4.78, 5) is 27.2. The molecule has 0 bridgehead atoms. The number of nitrogens with zero attached hydrogens (tertiary/aromatic N) is 2. The molecule has 2 N–H and O–H groups in total. The smallest absolute Gasteiger partial charge is 0.335 e. The van der Waals surface area contributed by atoms with E-state index in [4.69, 9.17) is 5.11 Å². The summed E-state index contributed by atoms with van der Waals surface area (Å²) in [6.45, 7) is 4.65. The Balaban J connectivity index is 2.10. The van der Waals surface area contributed by atoms with Crippen LogP contribution >= 0.6 is 0 Å². The summed E-state index contributed by atoms with van der Waals surface area (Å²) < 4.78 is 0. The molecule has 2 aliphatic heterocycles. The van der Waals surface area contributed by atoms with Crippen molar-refractivity contribution in [2.24, 2.45) is 0 Å². The zero-order chi connectivity index (χ0) is 14.3. The van der Waals surface area contributed by atoms with Gasteiger partial charge in [0.25, 0.3) is 0 Å². The molecule has 2 aliphatic rings. The Hall–Kier alpha value is -2.08. The monoisotopic (exact) mass is 275 g/mol. The van der Waals surface area contributed by atoms with Crippen LogP contribution in [-0.4, -0.2) is 49.2 Å². The zero-order valence-corrected chi connectivity index (χ0v) is 11.3. The van der Waals surface area contributed by atoms with Crippen molar-refractivity contribution in [2.45, 2.75) is 13.0 Å². The summed E-state index contributed by atoms with van der Waals surface area (Å²) in [5, 5.41) is 12.2. The number of anilines is 2. The fourth-order valence-corrected chi connectivity index (χ4v) is 2.97. The Morgan fingerprint density at radius 2 is 2.25 bits per heavy atom. The molecule has 1 aromatic rings. The van der Waals surface area contributed by atoms with E-state index in [-0.39, 0.29) is 17.5 Å². The molecular formula is C14H17N3O3. The van der Waals surface area contributed by atoms with E-state index in [1.807, 2.05) is 11.8 Å². The second-order valence-corrected chi connectivity index (χ2v) is 5.10. The molecule has 0 aromatic heterocycles. The van der Waals surface area contributed by atoms with Crippen molar-refractivity contribution in [3.8, 4) is 0 Å². The first-order valence-corrected chi connectivity index (χ1v) is 6.77. The number of fused-ring (bicyclic) bond motifs is 3. The van der Waals surface area contributed by atoms with E-state index in [0.29, 0.717) is 6.54 Å². The quantitative estimate of drug-likeness (QED) is 0.823. The van der Waals surface area contributed by atoms with Gasteiger partial charge >= 0.3 is 5.97 Å². The third-order valence-corrected chi connectivity index (χ3v) is 3.93. The molecule has 106 valence electrons. The van der Waals surface area contributed by atoms with E-state index < -0.39 is 5.97 Å². The summed E-state index contributed by atoms with van der Waals surface area (Å²) >= 11 is 0. The Morgan fingerprint density at radius 1 is 1.45 bits per heavy atom. The van der Waals surface area contributed by atoms with Gasteiger partial charge in [0.1, 0.15) is 0 Å². The molecule has 6 heteroatoms. The fraction of sp³-hybridized carbons (Fsp3) is 0.429. The maximum atomic E-state index is 12.1. The number of carbonyl (C=O) groups is 2. The van der Waals surface area contributed by atoms with E-state index >= 15 is 0 Å². The number of carbonyl (C=O) groups excluding carboxylic acids is 1. The maximum absolute atomic E-state index is 12.1. The first-order chi connectivity index (χ1) is 9.61. The minimum atomic E-state index is -0.947. The fourth-order valence-electron chi connectivity index (χ4n) is 2.97. The second-order valence-electron chi connectivity index (χ2n) is 5.10. The molecule has 1 fully saturated rings. The van der Waals surface area contributed by atoms with Gasteiger partial charge in [-0.1, -0.05) is 0 Å². The molecule has 0 radical (unpaired) electrons. The first kappa shape index (κ1) is 12.9. The van der Waals surface area contributed by atoms with Crippen LogP contribution in [-0.2, 0) is 4.79 Å². The molecule has 20 heavy (non-hydrogen) atoms. The van der Waals surface area contributed by atoms with Crippen molar-refractivity contribution in [1.82, 2.24) is 5.32 Å². The van der Waals surface area contributed by atoms with Crippen LogP contribution < -0.4 is 15.1 Å². The third kappa shape index (κ3) is 1.92. The third-order valence-electron chi connectivity index (χ3n) is 3.93. The number of nitrogens with one attached hydrogen (secondary N) is 1. The molecule has 0 aliphatic carbocycles. The lowest BCUT2D eigenvalue weighted by atomic mass is 10.0. The number of piperazine rings is 1. The number of rotatable bonds is 2. The SMILES string of the molecule is CCN1CC2CNCC(=O)N2c2ccc(C(=O)O)cc21. The van der Waals surface area contributed by atoms with E-state index in [1.54, 1.807) is 18.2 Å². The van der Waals surface area contributed by atoms with Crippen LogP contribution in [0.5, 0.6) is 0 Å². The number of benzene rings is 1. The summed E-state index contributed by atoms with van der Waals surface area (Å²) in [5.74, 6) is -0.904. The topological polar surface area (TPSA) is 72.9 Å². The van der Waals surface area contributed by atoms with Gasteiger partial charge in [-0.25, -0.2) is 4.79 Å². The van der Waals surface area contributed by atoms with Gasteiger partial charge in [-0.2, -0.15) is 0 Å². The van der Waals surface area contributed by atoms with Gasteiger partial charge in [-0.15, -0.1) is 0 Å². The highest BCUT2D eigenvalue weighted by Crippen LogP contribution is 2.36. The minimum absolute atomic E-state index is 0.0429. The molecule has 3 rings (SSSR count). The van der Waals surface area contributed by atoms with Gasteiger partial charge in [0.05, 0.1) is 29.5 Å². The normalized spacial score (nSPS) is 21.4. The molecule has 2 heterocycles. The van der Waals surface area contributed by atoms with Crippen molar-refractivity contribution >= 4 is 23.3 Å². The highest BCUT2D eigenvalue weighted by Gasteiger charge is 2.36. The van der Waals surface area contributed by atoms with Gasteiger partial charge in [0.2, 0.25) is 5.91 Å². The van der Waals surface area contributed by atoms with E-state index in [2.05, 4.69) is 10.2 Å². The van der Waals surface area contributed by atoms with E-state index in [9.17, 15) is 9.59 Å². The van der Waals surface area contributed by atoms with Crippen molar-refractivity contribution in [2.75, 3.05) is 36.0 Å². The summed E-state index contributed by atoms with van der Waals surface area (Å²) in [5.41, 5.74) is 1.90. The first-order valence-electron chi connectivity index (χ1n) is 6.77. The van der Waals surface area contributed by atoms with Crippen molar-refractivity contribution in [3.05, 3.63) is 23.8 Å². The van der Waals surface area contributed by atoms with Crippen LogP contribution in [0.1, 0.15) is 17.3 Å². The second kappa shape index (κ2) is 4.79. The lowest BCUT2D eigenvalue weighted by molar-refractivity contribution is -0.119. The average Bonchev–Trinajstić information content (AvgIpc) is 2.45. The van der Waals surface area contributed by atoms with Crippen LogP contribution in [0.4, 0.5) is 11.4 Å². The molecule has 1 saturated heterocycles. The molecule has 1 unspecified atom stereocenters. The lowest BCUT2D eigenvalue weighted by Gasteiger charge is -2.45. The van der Waals surface area contributed by atoms with Crippen molar-refractivity contribution in [1.29, 1.82) is 0 Å². The molecule has 1 atom stereocenters.